The summed E-state index contributed by atoms with van der Waals surface area (Å²) >= 11 is 0. The van der Waals surface area contributed by atoms with Crippen LogP contribution in [0.1, 0.15) is 44.6 Å². The molecule has 1 nitrogen and oxygen atoms in total. The van der Waals surface area contributed by atoms with Crippen molar-refractivity contribution in [2.75, 3.05) is 13.1 Å². The zero-order valence-corrected chi connectivity index (χ0v) is 12.2. The lowest BCUT2D eigenvalue weighted by Crippen LogP contribution is -2.22. The molecule has 0 heterocycles. The van der Waals surface area contributed by atoms with E-state index in [9.17, 15) is 0 Å². The molecule has 2 rings (SSSR count). The van der Waals surface area contributed by atoms with Crippen molar-refractivity contribution in [1.29, 1.82) is 0 Å². The van der Waals surface area contributed by atoms with Crippen molar-refractivity contribution in [3.63, 3.8) is 0 Å². The highest BCUT2D eigenvalue weighted by Crippen LogP contribution is 2.29. The fourth-order valence-electron chi connectivity index (χ4n) is 2.94. The zero-order chi connectivity index (χ0) is 13.5. The number of hydrogen-bond donors (Lipinski definition) is 1. The van der Waals surface area contributed by atoms with E-state index in [1.54, 1.807) is 0 Å². The second-order valence-corrected chi connectivity index (χ2v) is 6.06. The second kappa shape index (κ2) is 7.49. The predicted octanol–water partition coefficient (Wildman–Crippen LogP) is 4.51. The smallest absolute Gasteiger partial charge is 0.0205 e. The highest BCUT2D eigenvalue weighted by atomic mass is 14.8. The number of nitrogens with one attached hydrogen (secondary N) is 1. The van der Waals surface area contributed by atoms with E-state index >= 15 is 0 Å². The molecule has 0 radical (unpaired) electrons. The maximum atomic E-state index is 4.16. The fraction of sp³-hybridized carbons (Fsp3) is 0.556. The first-order valence-electron chi connectivity index (χ1n) is 7.69. The van der Waals surface area contributed by atoms with Gasteiger partial charge in [-0.05, 0) is 35.9 Å². The Hall–Kier alpha value is -1.08. The van der Waals surface area contributed by atoms with Gasteiger partial charge in [0.1, 0.15) is 0 Å². The van der Waals surface area contributed by atoms with Crippen LogP contribution in [0.4, 0.5) is 0 Å². The Kier molecular flexibility index (Phi) is 5.65. The third-order valence-corrected chi connectivity index (χ3v) is 4.39. The Balaban J connectivity index is 1.61. The van der Waals surface area contributed by atoms with E-state index < -0.39 is 0 Å². The largest absolute Gasteiger partial charge is 0.313 e. The first kappa shape index (κ1) is 14.3. The van der Waals surface area contributed by atoms with Gasteiger partial charge in [-0.3, -0.25) is 0 Å². The van der Waals surface area contributed by atoms with Gasteiger partial charge in [0.15, 0.2) is 0 Å². The van der Waals surface area contributed by atoms with Gasteiger partial charge < -0.3 is 5.32 Å². The summed E-state index contributed by atoms with van der Waals surface area (Å²) in [7, 11) is 0. The van der Waals surface area contributed by atoms with Crippen LogP contribution in [0.2, 0.25) is 0 Å². The van der Waals surface area contributed by atoms with Crippen molar-refractivity contribution in [3.05, 3.63) is 42.5 Å². The predicted molar refractivity (Wildman–Crippen MR) is 84.1 cm³/mol. The molecule has 1 aromatic rings. The van der Waals surface area contributed by atoms with E-state index in [2.05, 4.69) is 43.1 Å². The summed E-state index contributed by atoms with van der Waals surface area (Å²) in [6.07, 6.45) is 7.06. The summed E-state index contributed by atoms with van der Waals surface area (Å²) < 4.78 is 0. The van der Waals surface area contributed by atoms with Crippen LogP contribution in [0.5, 0.6) is 0 Å². The summed E-state index contributed by atoms with van der Waals surface area (Å²) in [4.78, 5) is 0. The molecule has 1 aliphatic rings. The van der Waals surface area contributed by atoms with Crippen LogP contribution in [-0.4, -0.2) is 13.1 Å². The number of rotatable bonds is 6. The van der Waals surface area contributed by atoms with Gasteiger partial charge in [0, 0.05) is 6.54 Å². The van der Waals surface area contributed by atoms with Gasteiger partial charge in [0.25, 0.3) is 0 Å². The topological polar surface area (TPSA) is 12.0 Å². The monoisotopic (exact) mass is 257 g/mol. The Morgan fingerprint density at radius 1 is 1.16 bits per heavy atom. The van der Waals surface area contributed by atoms with Crippen LogP contribution in [0.15, 0.2) is 36.9 Å². The molecule has 0 saturated heterocycles. The Morgan fingerprint density at radius 3 is 2.53 bits per heavy atom. The molecule has 0 spiro atoms. The number of hydrogen-bond acceptors (Lipinski definition) is 1. The lowest BCUT2D eigenvalue weighted by Gasteiger charge is -2.26. The van der Waals surface area contributed by atoms with Gasteiger partial charge in [-0.1, -0.05) is 69.5 Å². The maximum Gasteiger partial charge on any atom is 0.0205 e. The van der Waals surface area contributed by atoms with Crippen LogP contribution < -0.4 is 5.32 Å². The molecular weight excluding hydrogens is 230 g/mol. The quantitative estimate of drug-likeness (QED) is 0.740. The zero-order valence-electron chi connectivity index (χ0n) is 12.2. The molecule has 104 valence electrons. The van der Waals surface area contributed by atoms with Gasteiger partial charge >= 0.3 is 0 Å². The first-order valence-corrected chi connectivity index (χ1v) is 7.69. The summed E-state index contributed by atoms with van der Waals surface area (Å²) in [5.41, 5.74) is 2.44. The highest BCUT2D eigenvalue weighted by molar-refractivity contribution is 5.64. The van der Waals surface area contributed by atoms with E-state index in [1.807, 2.05) is 6.07 Å². The van der Waals surface area contributed by atoms with E-state index in [0.29, 0.717) is 0 Å². The third-order valence-electron chi connectivity index (χ3n) is 4.39. The lowest BCUT2D eigenvalue weighted by atomic mass is 9.81. The average Bonchev–Trinajstić information content (AvgIpc) is 2.46. The molecule has 0 atom stereocenters. The average molecular weight is 257 g/mol. The minimum absolute atomic E-state index is 0.910. The summed E-state index contributed by atoms with van der Waals surface area (Å²) in [5, 5.41) is 3.54. The molecule has 0 aromatic heterocycles. The molecule has 1 aromatic carbocycles. The van der Waals surface area contributed by atoms with Gasteiger partial charge in [-0.25, -0.2) is 0 Å². The SMILES string of the molecule is C=C(CNCCC1CCC(C)CC1)c1ccccc1. The van der Waals surface area contributed by atoms with Gasteiger partial charge in [-0.2, -0.15) is 0 Å². The molecule has 0 unspecified atom stereocenters. The standard InChI is InChI=1S/C18H27N/c1-15-8-10-17(11-9-15)12-13-19-14-16(2)18-6-4-3-5-7-18/h3-7,15,17,19H,2,8-14H2,1H3. The number of benzene rings is 1. The van der Waals surface area contributed by atoms with E-state index in [4.69, 9.17) is 0 Å². The Morgan fingerprint density at radius 2 is 1.84 bits per heavy atom. The lowest BCUT2D eigenvalue weighted by molar-refractivity contribution is 0.276. The molecule has 1 aliphatic carbocycles. The van der Waals surface area contributed by atoms with Crippen molar-refractivity contribution in [1.82, 2.24) is 5.32 Å². The van der Waals surface area contributed by atoms with Gasteiger partial charge in [-0.15, -0.1) is 0 Å². The van der Waals surface area contributed by atoms with E-state index in [-0.39, 0.29) is 0 Å². The van der Waals surface area contributed by atoms with Crippen LogP contribution >= 0.6 is 0 Å². The molecule has 19 heavy (non-hydrogen) atoms. The molecule has 1 heteroatoms. The second-order valence-electron chi connectivity index (χ2n) is 6.06. The maximum absolute atomic E-state index is 4.16. The van der Waals surface area contributed by atoms with Crippen molar-refractivity contribution < 1.29 is 0 Å². The van der Waals surface area contributed by atoms with E-state index in [0.717, 1.165) is 24.9 Å². The fourth-order valence-corrected chi connectivity index (χ4v) is 2.94. The summed E-state index contributed by atoms with van der Waals surface area (Å²) in [5.74, 6) is 1.91. The van der Waals surface area contributed by atoms with Crippen molar-refractivity contribution in [3.8, 4) is 0 Å². The molecular formula is C18H27N. The van der Waals surface area contributed by atoms with Gasteiger partial charge in [0.05, 0.1) is 0 Å². The van der Waals surface area contributed by atoms with Crippen molar-refractivity contribution in [2.24, 2.45) is 11.8 Å². The molecule has 0 aliphatic heterocycles. The molecule has 1 saturated carbocycles. The molecule has 0 amide bonds. The normalized spacial score (nSPS) is 23.2. The first-order chi connectivity index (χ1) is 9.25. The van der Waals surface area contributed by atoms with Crippen LogP contribution in [0.25, 0.3) is 5.57 Å². The minimum Gasteiger partial charge on any atom is -0.313 e. The van der Waals surface area contributed by atoms with Crippen molar-refractivity contribution >= 4 is 5.57 Å². The molecule has 1 fully saturated rings. The minimum atomic E-state index is 0.910. The summed E-state index contributed by atoms with van der Waals surface area (Å²) in [6, 6.07) is 10.5. The Bertz CT molecular complexity index is 374. The molecule has 1 N–H and O–H groups in total. The van der Waals surface area contributed by atoms with Crippen LogP contribution in [0, 0.1) is 11.8 Å². The molecule has 0 bridgehead atoms. The van der Waals surface area contributed by atoms with Gasteiger partial charge in [0.2, 0.25) is 0 Å². The van der Waals surface area contributed by atoms with E-state index in [1.165, 1.54) is 43.2 Å². The Labute approximate surface area is 118 Å². The van der Waals surface area contributed by atoms with Crippen molar-refractivity contribution in [2.45, 2.75) is 39.0 Å². The van der Waals surface area contributed by atoms with Crippen LogP contribution in [0.3, 0.4) is 0 Å². The van der Waals surface area contributed by atoms with Crippen LogP contribution in [-0.2, 0) is 0 Å². The third kappa shape index (κ3) is 4.83. The highest BCUT2D eigenvalue weighted by Gasteiger charge is 2.17. The summed E-state index contributed by atoms with van der Waals surface area (Å²) in [6.45, 7) is 8.58.